The van der Waals surface area contributed by atoms with Crippen LogP contribution in [0.2, 0.25) is 5.02 Å². The minimum Gasteiger partial charge on any atom is -0.396 e. The summed E-state index contributed by atoms with van der Waals surface area (Å²) >= 11 is 5.87. The average molecular weight is 290 g/mol. The van der Waals surface area contributed by atoms with Gasteiger partial charge in [-0.2, -0.15) is 10.4 Å². The Bertz CT molecular complexity index is 701. The molecule has 0 unspecified atom stereocenters. The van der Waals surface area contributed by atoms with Gasteiger partial charge in [-0.05, 0) is 25.1 Å². The third-order valence-electron chi connectivity index (χ3n) is 2.73. The van der Waals surface area contributed by atoms with E-state index in [1.54, 1.807) is 12.1 Å². The molecule has 20 heavy (non-hydrogen) atoms. The predicted octanol–water partition coefficient (Wildman–Crippen LogP) is 2.26. The average Bonchev–Trinajstić information content (AvgIpc) is 2.80. The molecule has 7 heteroatoms. The number of nitrogens with one attached hydrogen (secondary N) is 1. The van der Waals surface area contributed by atoms with Crippen molar-refractivity contribution in [3.05, 3.63) is 40.7 Å². The minimum absolute atomic E-state index is 0.261. The number of rotatable bonds is 3. The van der Waals surface area contributed by atoms with E-state index < -0.39 is 5.91 Å². The van der Waals surface area contributed by atoms with Crippen LogP contribution in [0.25, 0.3) is 0 Å². The van der Waals surface area contributed by atoms with Crippen LogP contribution >= 0.6 is 11.6 Å². The van der Waals surface area contributed by atoms with Crippen LogP contribution in [0.5, 0.6) is 0 Å². The second kappa shape index (κ2) is 5.63. The van der Waals surface area contributed by atoms with Gasteiger partial charge in [-0.15, -0.1) is 0 Å². The number of amides is 1. The first-order valence-corrected chi connectivity index (χ1v) is 6.27. The molecule has 1 amide bonds. The van der Waals surface area contributed by atoms with Crippen molar-refractivity contribution in [3.63, 3.8) is 0 Å². The zero-order valence-corrected chi connectivity index (χ0v) is 11.5. The van der Waals surface area contributed by atoms with Crippen molar-refractivity contribution in [2.45, 2.75) is 13.5 Å². The van der Waals surface area contributed by atoms with E-state index in [1.165, 1.54) is 16.9 Å². The number of nitrogens with zero attached hydrogens (tertiary/aromatic N) is 3. The van der Waals surface area contributed by atoms with Gasteiger partial charge < -0.3 is 11.1 Å². The number of halogens is 1. The van der Waals surface area contributed by atoms with Crippen LogP contribution in [-0.4, -0.2) is 15.7 Å². The molecule has 2 rings (SSSR count). The molecule has 0 atom stereocenters. The Kier molecular flexibility index (Phi) is 3.91. The smallest absolute Gasteiger partial charge is 0.276 e. The number of anilines is 2. The Labute approximate surface area is 120 Å². The lowest BCUT2D eigenvalue weighted by molar-refractivity contribution is 0.101. The fourth-order valence-corrected chi connectivity index (χ4v) is 1.96. The van der Waals surface area contributed by atoms with Crippen molar-refractivity contribution < 1.29 is 4.79 Å². The van der Waals surface area contributed by atoms with Crippen LogP contribution < -0.4 is 11.1 Å². The topological polar surface area (TPSA) is 96.7 Å². The van der Waals surface area contributed by atoms with Crippen molar-refractivity contribution in [1.82, 2.24) is 9.78 Å². The number of nitrogen functional groups attached to an aromatic ring is 1. The summed E-state index contributed by atoms with van der Waals surface area (Å²) in [5.74, 6) is -0.430. The number of aromatic nitrogens is 2. The van der Waals surface area contributed by atoms with Gasteiger partial charge in [0.25, 0.3) is 5.91 Å². The minimum atomic E-state index is -0.430. The van der Waals surface area contributed by atoms with Gasteiger partial charge in [0, 0.05) is 11.6 Å². The van der Waals surface area contributed by atoms with E-state index in [0.717, 1.165) is 0 Å². The molecule has 0 fully saturated rings. The molecule has 0 aliphatic heterocycles. The number of carbonyl (C=O) groups is 1. The summed E-state index contributed by atoms with van der Waals surface area (Å²) in [6.45, 7) is 2.36. The molecular weight excluding hydrogens is 278 g/mol. The largest absolute Gasteiger partial charge is 0.396 e. The van der Waals surface area contributed by atoms with Crippen molar-refractivity contribution >= 4 is 28.9 Å². The number of hydrogen-bond donors (Lipinski definition) is 2. The van der Waals surface area contributed by atoms with E-state index in [2.05, 4.69) is 10.4 Å². The van der Waals surface area contributed by atoms with Crippen LogP contribution in [0, 0.1) is 11.3 Å². The molecule has 0 radical (unpaired) electrons. The lowest BCUT2D eigenvalue weighted by atomic mass is 10.2. The normalized spacial score (nSPS) is 10.1. The van der Waals surface area contributed by atoms with Gasteiger partial charge in [0.15, 0.2) is 0 Å². The van der Waals surface area contributed by atoms with Crippen LogP contribution in [0.1, 0.15) is 23.0 Å². The fraction of sp³-hybridized carbons (Fsp3) is 0.154. The van der Waals surface area contributed by atoms with Gasteiger partial charge in [-0.3, -0.25) is 9.48 Å². The number of nitriles is 1. The summed E-state index contributed by atoms with van der Waals surface area (Å²) in [6, 6.07) is 6.63. The highest BCUT2D eigenvalue weighted by Gasteiger charge is 2.17. The molecule has 2 aromatic rings. The highest BCUT2D eigenvalue weighted by Crippen LogP contribution is 2.22. The fourth-order valence-electron chi connectivity index (χ4n) is 1.79. The van der Waals surface area contributed by atoms with Crippen molar-refractivity contribution in [1.29, 1.82) is 5.26 Å². The number of hydrogen-bond acceptors (Lipinski definition) is 4. The molecular formula is C13H12ClN5O. The molecule has 0 saturated carbocycles. The summed E-state index contributed by atoms with van der Waals surface area (Å²) in [7, 11) is 0. The summed E-state index contributed by atoms with van der Waals surface area (Å²) in [6.07, 6.45) is 1.42. The van der Waals surface area contributed by atoms with Crippen molar-refractivity contribution in [2.75, 3.05) is 11.1 Å². The van der Waals surface area contributed by atoms with Crippen molar-refractivity contribution in [2.24, 2.45) is 0 Å². The summed E-state index contributed by atoms with van der Waals surface area (Å²) in [5.41, 5.74) is 6.94. The van der Waals surface area contributed by atoms with Crippen LogP contribution in [-0.2, 0) is 6.54 Å². The van der Waals surface area contributed by atoms with E-state index in [9.17, 15) is 4.79 Å². The monoisotopic (exact) mass is 289 g/mol. The SMILES string of the molecule is CCn1ncc(N)c1C(=O)Nc1cc(Cl)ccc1C#N. The molecule has 1 aromatic carbocycles. The van der Waals surface area contributed by atoms with Gasteiger partial charge in [-0.1, -0.05) is 11.6 Å². The Hall–Kier alpha value is -2.52. The summed E-state index contributed by atoms with van der Waals surface area (Å²) in [5, 5.41) is 16.1. The van der Waals surface area contributed by atoms with Crippen LogP contribution in [0.15, 0.2) is 24.4 Å². The lowest BCUT2D eigenvalue weighted by Crippen LogP contribution is -2.19. The Morgan fingerprint density at radius 1 is 1.60 bits per heavy atom. The van der Waals surface area contributed by atoms with Gasteiger partial charge in [0.05, 0.1) is 23.1 Å². The molecule has 102 valence electrons. The summed E-state index contributed by atoms with van der Waals surface area (Å²) in [4.78, 5) is 12.3. The van der Waals surface area contributed by atoms with Gasteiger partial charge >= 0.3 is 0 Å². The van der Waals surface area contributed by atoms with E-state index in [1.807, 2.05) is 13.0 Å². The third-order valence-corrected chi connectivity index (χ3v) is 2.97. The number of nitrogens with two attached hydrogens (primary N) is 1. The van der Waals surface area contributed by atoms with Gasteiger partial charge in [-0.25, -0.2) is 0 Å². The van der Waals surface area contributed by atoms with Gasteiger partial charge in [0.1, 0.15) is 11.8 Å². The summed E-state index contributed by atoms with van der Waals surface area (Å²) < 4.78 is 1.49. The Morgan fingerprint density at radius 3 is 3.00 bits per heavy atom. The Balaban J connectivity index is 2.35. The molecule has 0 aliphatic carbocycles. The van der Waals surface area contributed by atoms with Crippen LogP contribution in [0.4, 0.5) is 11.4 Å². The lowest BCUT2D eigenvalue weighted by Gasteiger charge is -2.09. The second-order valence-corrected chi connectivity index (χ2v) is 4.46. The van der Waals surface area contributed by atoms with E-state index in [4.69, 9.17) is 22.6 Å². The molecule has 0 aliphatic rings. The zero-order chi connectivity index (χ0) is 14.7. The molecule has 3 N–H and O–H groups in total. The Morgan fingerprint density at radius 2 is 2.35 bits per heavy atom. The molecule has 0 spiro atoms. The second-order valence-electron chi connectivity index (χ2n) is 4.02. The van der Waals surface area contributed by atoms with E-state index >= 15 is 0 Å². The number of aryl methyl sites for hydroxylation is 1. The zero-order valence-electron chi connectivity index (χ0n) is 10.7. The van der Waals surface area contributed by atoms with Crippen LogP contribution in [0.3, 0.4) is 0 Å². The highest BCUT2D eigenvalue weighted by molar-refractivity contribution is 6.31. The maximum atomic E-state index is 12.3. The maximum Gasteiger partial charge on any atom is 0.276 e. The first kappa shape index (κ1) is 13.9. The number of benzene rings is 1. The molecule has 1 heterocycles. The molecule has 6 nitrogen and oxygen atoms in total. The third kappa shape index (κ3) is 2.58. The molecule has 1 aromatic heterocycles. The quantitative estimate of drug-likeness (QED) is 0.905. The number of carbonyl (C=O) groups excluding carboxylic acids is 1. The predicted molar refractivity (Wildman–Crippen MR) is 76.4 cm³/mol. The van der Waals surface area contributed by atoms with E-state index in [-0.39, 0.29) is 11.4 Å². The highest BCUT2D eigenvalue weighted by atomic mass is 35.5. The van der Waals surface area contributed by atoms with E-state index in [0.29, 0.717) is 22.8 Å². The molecule has 0 bridgehead atoms. The first-order chi connectivity index (χ1) is 9.56. The maximum absolute atomic E-state index is 12.3. The van der Waals surface area contributed by atoms with Crippen molar-refractivity contribution in [3.8, 4) is 6.07 Å². The molecule has 0 saturated heterocycles. The van der Waals surface area contributed by atoms with Gasteiger partial charge in [0.2, 0.25) is 0 Å². The standard InChI is InChI=1S/C13H12ClN5O/c1-2-19-12(10(16)7-17-19)13(20)18-11-5-9(14)4-3-8(11)6-15/h3-5,7H,2,16H2,1H3,(H,18,20). The first-order valence-electron chi connectivity index (χ1n) is 5.89.